The molecule has 0 bridgehead atoms. The topological polar surface area (TPSA) is 56.8 Å². The van der Waals surface area contributed by atoms with E-state index in [0.717, 1.165) is 0 Å². The highest BCUT2D eigenvalue weighted by Crippen LogP contribution is 2.29. The first-order chi connectivity index (χ1) is 11.0. The summed E-state index contributed by atoms with van der Waals surface area (Å²) in [5.41, 5.74) is 0.512. The molecule has 0 radical (unpaired) electrons. The van der Waals surface area contributed by atoms with Gasteiger partial charge in [-0.1, -0.05) is 17.7 Å². The number of ether oxygens (including phenoxy) is 3. The van der Waals surface area contributed by atoms with Crippen LogP contribution in [0.25, 0.3) is 0 Å². The zero-order valence-electron chi connectivity index (χ0n) is 13.1. The van der Waals surface area contributed by atoms with Crippen LogP contribution in [-0.4, -0.2) is 26.2 Å². The van der Waals surface area contributed by atoms with E-state index in [1.54, 1.807) is 56.5 Å². The number of anilines is 1. The van der Waals surface area contributed by atoms with Gasteiger partial charge in [-0.25, -0.2) is 0 Å². The molecule has 0 heterocycles. The summed E-state index contributed by atoms with van der Waals surface area (Å²) in [6.45, 7) is 1.66. The molecule has 0 aliphatic heterocycles. The number of amides is 1. The van der Waals surface area contributed by atoms with Crippen LogP contribution in [0.15, 0.2) is 42.5 Å². The van der Waals surface area contributed by atoms with E-state index >= 15 is 0 Å². The van der Waals surface area contributed by atoms with E-state index in [1.807, 2.05) is 0 Å². The molecule has 23 heavy (non-hydrogen) atoms. The van der Waals surface area contributed by atoms with Gasteiger partial charge >= 0.3 is 0 Å². The third kappa shape index (κ3) is 4.53. The summed E-state index contributed by atoms with van der Waals surface area (Å²) in [4.78, 5) is 12.3. The van der Waals surface area contributed by atoms with E-state index in [2.05, 4.69) is 5.32 Å². The van der Waals surface area contributed by atoms with Crippen LogP contribution < -0.4 is 19.5 Å². The van der Waals surface area contributed by atoms with E-state index in [9.17, 15) is 4.79 Å². The van der Waals surface area contributed by atoms with Crippen molar-refractivity contribution in [2.45, 2.75) is 13.0 Å². The van der Waals surface area contributed by atoms with E-state index < -0.39 is 6.10 Å². The van der Waals surface area contributed by atoms with Crippen molar-refractivity contribution in [3.8, 4) is 17.2 Å². The lowest BCUT2D eigenvalue weighted by Crippen LogP contribution is -2.30. The fourth-order valence-electron chi connectivity index (χ4n) is 1.94. The zero-order valence-corrected chi connectivity index (χ0v) is 13.9. The van der Waals surface area contributed by atoms with E-state index in [-0.39, 0.29) is 5.91 Å². The second-order valence-electron chi connectivity index (χ2n) is 4.77. The van der Waals surface area contributed by atoms with Gasteiger partial charge in [0.1, 0.15) is 17.2 Å². The SMILES string of the molecule is COc1ccc(OC)c(NC(=O)[C@H](C)Oc2cccc(Cl)c2)c1. The van der Waals surface area contributed by atoms with Crippen LogP contribution in [0.2, 0.25) is 5.02 Å². The molecule has 2 rings (SSSR count). The Labute approximate surface area is 140 Å². The molecule has 0 saturated carbocycles. The van der Waals surface area contributed by atoms with Crippen molar-refractivity contribution in [2.24, 2.45) is 0 Å². The van der Waals surface area contributed by atoms with Crippen molar-refractivity contribution in [1.82, 2.24) is 0 Å². The summed E-state index contributed by atoms with van der Waals surface area (Å²) in [6.07, 6.45) is -0.704. The van der Waals surface area contributed by atoms with Crippen LogP contribution in [0.5, 0.6) is 17.2 Å². The molecule has 122 valence electrons. The number of halogens is 1. The molecule has 6 heteroatoms. The highest BCUT2D eigenvalue weighted by atomic mass is 35.5. The summed E-state index contributed by atoms with van der Waals surface area (Å²) in [7, 11) is 3.08. The molecule has 0 fully saturated rings. The van der Waals surface area contributed by atoms with E-state index in [4.69, 9.17) is 25.8 Å². The summed E-state index contributed by atoms with van der Waals surface area (Å²) >= 11 is 5.90. The van der Waals surface area contributed by atoms with E-state index in [0.29, 0.717) is 28.0 Å². The predicted molar refractivity (Wildman–Crippen MR) is 89.7 cm³/mol. The maximum absolute atomic E-state index is 12.3. The molecule has 1 atom stereocenters. The maximum atomic E-state index is 12.3. The molecule has 0 saturated heterocycles. The van der Waals surface area contributed by atoms with Crippen LogP contribution in [0.1, 0.15) is 6.92 Å². The van der Waals surface area contributed by atoms with Gasteiger partial charge in [0.15, 0.2) is 6.10 Å². The van der Waals surface area contributed by atoms with Crippen molar-refractivity contribution in [3.05, 3.63) is 47.5 Å². The molecule has 5 nitrogen and oxygen atoms in total. The van der Waals surface area contributed by atoms with Crippen LogP contribution in [-0.2, 0) is 4.79 Å². The third-order valence-corrected chi connectivity index (χ3v) is 3.38. The molecule has 2 aromatic rings. The first-order valence-electron chi connectivity index (χ1n) is 6.98. The number of carbonyl (C=O) groups is 1. The van der Waals surface area contributed by atoms with Crippen molar-refractivity contribution in [2.75, 3.05) is 19.5 Å². The second-order valence-corrected chi connectivity index (χ2v) is 5.21. The Morgan fingerprint density at radius 1 is 1.09 bits per heavy atom. The average molecular weight is 336 g/mol. The van der Waals surface area contributed by atoms with Crippen LogP contribution in [0.4, 0.5) is 5.69 Å². The quantitative estimate of drug-likeness (QED) is 0.873. The average Bonchev–Trinajstić information content (AvgIpc) is 2.54. The Bertz CT molecular complexity index is 690. The molecular weight excluding hydrogens is 318 g/mol. The highest BCUT2D eigenvalue weighted by Gasteiger charge is 2.17. The van der Waals surface area contributed by atoms with Crippen LogP contribution in [0, 0.1) is 0 Å². The predicted octanol–water partition coefficient (Wildman–Crippen LogP) is 3.76. The number of hydrogen-bond donors (Lipinski definition) is 1. The number of nitrogens with one attached hydrogen (secondary N) is 1. The molecule has 0 unspecified atom stereocenters. The number of benzene rings is 2. The summed E-state index contributed by atoms with van der Waals surface area (Å²) in [5, 5.41) is 3.31. The molecule has 0 spiro atoms. The Morgan fingerprint density at radius 3 is 2.52 bits per heavy atom. The smallest absolute Gasteiger partial charge is 0.265 e. The summed E-state index contributed by atoms with van der Waals surface area (Å²) in [5.74, 6) is 1.37. The van der Waals surface area contributed by atoms with Gasteiger partial charge < -0.3 is 19.5 Å². The fourth-order valence-corrected chi connectivity index (χ4v) is 2.12. The highest BCUT2D eigenvalue weighted by molar-refractivity contribution is 6.30. The Morgan fingerprint density at radius 2 is 1.87 bits per heavy atom. The van der Waals surface area contributed by atoms with Crippen LogP contribution in [0.3, 0.4) is 0 Å². The standard InChI is InChI=1S/C17H18ClNO4/c1-11(23-14-6-4-5-12(18)9-14)17(20)19-15-10-13(21-2)7-8-16(15)22-3/h4-11H,1-3H3,(H,19,20)/t11-/m0/s1. The van der Waals surface area contributed by atoms with E-state index in [1.165, 1.54) is 7.11 Å². The van der Waals surface area contributed by atoms with Gasteiger partial charge in [-0.2, -0.15) is 0 Å². The van der Waals surface area contributed by atoms with Gasteiger partial charge in [-0.15, -0.1) is 0 Å². The number of rotatable bonds is 6. The van der Waals surface area contributed by atoms with Gasteiger partial charge in [0.25, 0.3) is 5.91 Å². The van der Waals surface area contributed by atoms with Gasteiger partial charge in [-0.05, 0) is 37.3 Å². The van der Waals surface area contributed by atoms with Gasteiger partial charge in [0.2, 0.25) is 0 Å². The lowest BCUT2D eigenvalue weighted by atomic mass is 10.2. The first-order valence-corrected chi connectivity index (χ1v) is 7.36. The molecule has 0 aliphatic carbocycles. The minimum absolute atomic E-state index is 0.309. The van der Waals surface area contributed by atoms with Crippen molar-refractivity contribution < 1.29 is 19.0 Å². The monoisotopic (exact) mass is 335 g/mol. The Hall–Kier alpha value is -2.40. The molecule has 1 amide bonds. The van der Waals surface area contributed by atoms with Crippen molar-refractivity contribution >= 4 is 23.2 Å². The molecular formula is C17H18ClNO4. The van der Waals surface area contributed by atoms with Gasteiger partial charge in [-0.3, -0.25) is 4.79 Å². The first kappa shape index (κ1) is 17.0. The molecule has 1 N–H and O–H groups in total. The molecule has 0 aromatic heterocycles. The number of methoxy groups -OCH3 is 2. The van der Waals surface area contributed by atoms with Gasteiger partial charge in [0, 0.05) is 11.1 Å². The number of carbonyl (C=O) groups excluding carboxylic acids is 1. The van der Waals surface area contributed by atoms with Crippen LogP contribution >= 0.6 is 11.6 Å². The zero-order chi connectivity index (χ0) is 16.8. The van der Waals surface area contributed by atoms with Crippen molar-refractivity contribution in [1.29, 1.82) is 0 Å². The Balaban J connectivity index is 2.09. The van der Waals surface area contributed by atoms with Gasteiger partial charge in [0.05, 0.1) is 19.9 Å². The Kier molecular flexibility index (Phi) is 5.71. The largest absolute Gasteiger partial charge is 0.497 e. The second kappa shape index (κ2) is 7.74. The fraction of sp³-hybridized carbons (Fsp3) is 0.235. The minimum atomic E-state index is -0.704. The summed E-state index contributed by atoms with van der Waals surface area (Å²) in [6, 6.07) is 12.0. The normalized spacial score (nSPS) is 11.5. The third-order valence-electron chi connectivity index (χ3n) is 3.14. The summed E-state index contributed by atoms with van der Waals surface area (Å²) < 4.78 is 16.0. The molecule has 2 aromatic carbocycles. The lowest BCUT2D eigenvalue weighted by molar-refractivity contribution is -0.122. The van der Waals surface area contributed by atoms with Crippen molar-refractivity contribution in [3.63, 3.8) is 0 Å². The minimum Gasteiger partial charge on any atom is -0.497 e. The number of hydrogen-bond acceptors (Lipinski definition) is 4. The maximum Gasteiger partial charge on any atom is 0.265 e. The molecule has 0 aliphatic rings. The lowest BCUT2D eigenvalue weighted by Gasteiger charge is -2.16.